The molecule has 2 aromatic heterocycles. The van der Waals surface area contributed by atoms with Crippen LogP contribution in [0.4, 0.5) is 11.6 Å². The van der Waals surface area contributed by atoms with E-state index in [1.807, 2.05) is 6.07 Å². The Labute approximate surface area is 144 Å². The van der Waals surface area contributed by atoms with Gasteiger partial charge in [-0.3, -0.25) is 4.31 Å². The van der Waals surface area contributed by atoms with E-state index in [4.69, 9.17) is 14.1 Å². The first-order valence-corrected chi connectivity index (χ1v) is 8.64. The smallest absolute Gasteiger partial charge is 0.297 e. The predicted octanol–water partition coefficient (Wildman–Crippen LogP) is 2.67. The quantitative estimate of drug-likeness (QED) is 0.746. The standard InChI is InChI=1S/C16H14N4O4S/c1-18-15-12(10-17)19-16(24-15)13-8-9-14(23-13)25(21,22)20(2)11-6-4-3-5-7-11/h3-9,18H,1-2H3. The third-order valence-electron chi connectivity index (χ3n) is 3.49. The van der Waals surface area contributed by atoms with Crippen LogP contribution in [0, 0.1) is 11.3 Å². The summed E-state index contributed by atoms with van der Waals surface area (Å²) < 4.78 is 37.2. The van der Waals surface area contributed by atoms with Gasteiger partial charge in [0.15, 0.2) is 5.76 Å². The van der Waals surface area contributed by atoms with Gasteiger partial charge in [-0.05, 0) is 24.3 Å². The SMILES string of the molecule is CNc1oc(-c2ccc(S(=O)(=O)N(C)c3ccccc3)o2)nc1C#N. The highest BCUT2D eigenvalue weighted by molar-refractivity contribution is 7.92. The van der Waals surface area contributed by atoms with Crippen molar-refractivity contribution >= 4 is 21.6 Å². The molecule has 0 spiro atoms. The maximum absolute atomic E-state index is 12.7. The lowest BCUT2D eigenvalue weighted by molar-refractivity contribution is 0.443. The van der Waals surface area contributed by atoms with E-state index >= 15 is 0 Å². The van der Waals surface area contributed by atoms with Crippen LogP contribution >= 0.6 is 0 Å². The molecule has 0 aliphatic carbocycles. The van der Waals surface area contributed by atoms with Crippen molar-refractivity contribution in [3.05, 3.63) is 48.2 Å². The molecule has 0 fully saturated rings. The molecule has 9 heteroatoms. The summed E-state index contributed by atoms with van der Waals surface area (Å²) in [6.07, 6.45) is 0. The molecule has 0 amide bonds. The van der Waals surface area contributed by atoms with E-state index in [-0.39, 0.29) is 28.3 Å². The fourth-order valence-corrected chi connectivity index (χ4v) is 3.26. The summed E-state index contributed by atoms with van der Waals surface area (Å²) in [5, 5.41) is 11.4. The Morgan fingerprint density at radius 1 is 1.16 bits per heavy atom. The molecule has 3 rings (SSSR count). The maximum Gasteiger partial charge on any atom is 0.297 e. The number of nitriles is 1. The van der Waals surface area contributed by atoms with Crippen molar-refractivity contribution in [3.63, 3.8) is 0 Å². The van der Waals surface area contributed by atoms with E-state index < -0.39 is 10.0 Å². The average Bonchev–Trinajstić information content (AvgIpc) is 3.28. The number of para-hydroxylation sites is 1. The summed E-state index contributed by atoms with van der Waals surface area (Å²) >= 11 is 0. The summed E-state index contributed by atoms with van der Waals surface area (Å²) in [5.41, 5.74) is 0.556. The first-order chi connectivity index (χ1) is 12.0. The van der Waals surface area contributed by atoms with Crippen molar-refractivity contribution in [2.75, 3.05) is 23.7 Å². The Kier molecular flexibility index (Phi) is 4.21. The topological polar surface area (TPSA) is 112 Å². The fourth-order valence-electron chi connectivity index (χ4n) is 2.16. The lowest BCUT2D eigenvalue weighted by atomic mass is 10.3. The Morgan fingerprint density at radius 3 is 2.48 bits per heavy atom. The number of hydrogen-bond acceptors (Lipinski definition) is 7. The molecule has 128 valence electrons. The van der Waals surface area contributed by atoms with Crippen molar-refractivity contribution in [3.8, 4) is 17.7 Å². The van der Waals surface area contributed by atoms with Crippen molar-refractivity contribution < 1.29 is 17.3 Å². The van der Waals surface area contributed by atoms with Crippen molar-refractivity contribution in [2.45, 2.75) is 5.09 Å². The maximum atomic E-state index is 12.7. The van der Waals surface area contributed by atoms with Gasteiger partial charge in [0.25, 0.3) is 15.9 Å². The lowest BCUT2D eigenvalue weighted by Crippen LogP contribution is -2.26. The molecule has 25 heavy (non-hydrogen) atoms. The van der Waals surface area contributed by atoms with E-state index in [0.29, 0.717) is 5.69 Å². The number of sulfonamides is 1. The number of rotatable bonds is 5. The molecule has 2 heterocycles. The van der Waals surface area contributed by atoms with E-state index in [2.05, 4.69) is 10.3 Å². The number of furan rings is 1. The second kappa shape index (κ2) is 6.33. The highest BCUT2D eigenvalue weighted by Crippen LogP contribution is 2.30. The van der Waals surface area contributed by atoms with Crippen molar-refractivity contribution in [1.29, 1.82) is 5.26 Å². The van der Waals surface area contributed by atoms with Gasteiger partial charge in [-0.2, -0.15) is 18.7 Å². The van der Waals surface area contributed by atoms with E-state index in [9.17, 15) is 8.42 Å². The minimum Gasteiger partial charge on any atom is -0.438 e. The zero-order chi connectivity index (χ0) is 18.0. The van der Waals surface area contributed by atoms with Gasteiger partial charge in [0.05, 0.1) is 5.69 Å². The van der Waals surface area contributed by atoms with Gasteiger partial charge in [0.1, 0.15) is 6.07 Å². The minimum absolute atomic E-state index is 0.0183. The van der Waals surface area contributed by atoms with Crippen LogP contribution in [-0.2, 0) is 10.0 Å². The molecule has 0 aliphatic rings. The molecule has 0 atom stereocenters. The number of hydrogen-bond donors (Lipinski definition) is 1. The van der Waals surface area contributed by atoms with Crippen LogP contribution in [0.1, 0.15) is 5.69 Å². The third-order valence-corrected chi connectivity index (χ3v) is 5.15. The van der Waals surface area contributed by atoms with Crippen LogP contribution in [-0.4, -0.2) is 27.5 Å². The first-order valence-electron chi connectivity index (χ1n) is 7.20. The highest BCUT2D eigenvalue weighted by Gasteiger charge is 2.26. The van der Waals surface area contributed by atoms with Crippen molar-refractivity contribution in [2.24, 2.45) is 0 Å². The molecular formula is C16H14N4O4S. The molecule has 0 unspecified atom stereocenters. The van der Waals surface area contributed by atoms with Gasteiger partial charge in [0, 0.05) is 14.1 Å². The summed E-state index contributed by atoms with van der Waals surface area (Å²) in [6, 6.07) is 13.3. The molecule has 1 N–H and O–H groups in total. The molecule has 0 bridgehead atoms. The summed E-state index contributed by atoms with van der Waals surface area (Å²) in [7, 11) is -0.860. The second-order valence-corrected chi connectivity index (χ2v) is 6.89. The predicted molar refractivity (Wildman–Crippen MR) is 90.5 cm³/mol. The molecular weight excluding hydrogens is 344 g/mol. The Morgan fingerprint density at radius 2 is 1.88 bits per heavy atom. The first kappa shape index (κ1) is 16.6. The normalized spacial score (nSPS) is 11.1. The monoisotopic (exact) mass is 358 g/mol. The molecule has 8 nitrogen and oxygen atoms in total. The number of oxazole rings is 1. The largest absolute Gasteiger partial charge is 0.438 e. The van der Waals surface area contributed by atoms with Gasteiger partial charge >= 0.3 is 0 Å². The van der Waals surface area contributed by atoms with Crippen LogP contribution in [0.3, 0.4) is 0 Å². The zero-order valence-corrected chi connectivity index (χ0v) is 14.2. The molecule has 0 radical (unpaired) electrons. The van der Waals surface area contributed by atoms with Gasteiger partial charge in [-0.15, -0.1) is 0 Å². The number of benzene rings is 1. The molecule has 3 aromatic rings. The summed E-state index contributed by atoms with van der Waals surface area (Å²) in [4.78, 5) is 3.98. The van der Waals surface area contributed by atoms with Crippen LogP contribution in [0.2, 0.25) is 0 Å². The third kappa shape index (κ3) is 2.95. The van der Waals surface area contributed by atoms with Gasteiger partial charge in [0.2, 0.25) is 16.7 Å². The van der Waals surface area contributed by atoms with E-state index in [1.165, 1.54) is 19.2 Å². The number of aromatic nitrogens is 1. The second-order valence-electron chi connectivity index (χ2n) is 4.99. The van der Waals surface area contributed by atoms with Crippen LogP contribution in [0.5, 0.6) is 0 Å². The van der Waals surface area contributed by atoms with E-state index in [0.717, 1.165) is 4.31 Å². The summed E-state index contributed by atoms with van der Waals surface area (Å²) in [6.45, 7) is 0. The number of nitrogens with one attached hydrogen (secondary N) is 1. The van der Waals surface area contributed by atoms with Crippen LogP contribution < -0.4 is 9.62 Å². The van der Waals surface area contributed by atoms with Gasteiger partial charge < -0.3 is 14.2 Å². The van der Waals surface area contributed by atoms with Crippen LogP contribution in [0.25, 0.3) is 11.7 Å². The van der Waals surface area contributed by atoms with Gasteiger partial charge in [-0.25, -0.2) is 0 Å². The molecule has 0 aliphatic heterocycles. The Bertz CT molecular complexity index is 1030. The molecule has 1 aromatic carbocycles. The fraction of sp³-hybridized carbons (Fsp3) is 0.125. The highest BCUT2D eigenvalue weighted by atomic mass is 32.2. The molecule has 0 saturated heterocycles. The average molecular weight is 358 g/mol. The van der Waals surface area contributed by atoms with Gasteiger partial charge in [-0.1, -0.05) is 18.2 Å². The summed E-state index contributed by atoms with van der Waals surface area (Å²) in [5.74, 6) is 0.308. The Balaban J connectivity index is 1.96. The Hall–Kier alpha value is -3.25. The van der Waals surface area contributed by atoms with E-state index in [1.54, 1.807) is 37.4 Å². The number of nitrogens with zero attached hydrogens (tertiary/aromatic N) is 3. The van der Waals surface area contributed by atoms with Crippen molar-refractivity contribution in [1.82, 2.24) is 4.98 Å². The number of anilines is 2. The van der Waals surface area contributed by atoms with Crippen LogP contribution in [0.15, 0.2) is 56.4 Å². The molecule has 0 saturated carbocycles. The zero-order valence-electron chi connectivity index (χ0n) is 13.4. The minimum atomic E-state index is -3.88. The lowest BCUT2D eigenvalue weighted by Gasteiger charge is -2.17.